The molecular weight excluding hydrogens is 490 g/mol. The van der Waals surface area contributed by atoms with E-state index < -0.39 is 0 Å². The number of hydrogen-bond donors (Lipinski definition) is 2. The second-order valence-electron chi connectivity index (χ2n) is 9.72. The van der Waals surface area contributed by atoms with Crippen molar-refractivity contribution in [2.24, 2.45) is 0 Å². The van der Waals surface area contributed by atoms with E-state index in [1.54, 1.807) is 6.20 Å². The number of carbonyl (C=O) groups excluding carboxylic acids is 1. The topological polar surface area (TPSA) is 95.5 Å². The number of carbonyl (C=O) groups is 1. The number of morpholine rings is 1. The van der Waals surface area contributed by atoms with Crippen molar-refractivity contribution in [3.63, 3.8) is 0 Å². The number of nitrogens with one attached hydrogen (secondary N) is 2. The highest BCUT2D eigenvalue weighted by Crippen LogP contribution is 2.37. The summed E-state index contributed by atoms with van der Waals surface area (Å²) in [5.74, 6) is 1.28. The summed E-state index contributed by atoms with van der Waals surface area (Å²) < 4.78 is 5.45. The van der Waals surface area contributed by atoms with Gasteiger partial charge in [0.05, 0.1) is 42.4 Å². The van der Waals surface area contributed by atoms with Gasteiger partial charge in [-0.15, -0.1) is 0 Å². The molecule has 0 bridgehead atoms. The van der Waals surface area contributed by atoms with E-state index in [0.29, 0.717) is 29.9 Å². The van der Waals surface area contributed by atoms with Crippen LogP contribution in [0.5, 0.6) is 0 Å². The third-order valence-electron chi connectivity index (χ3n) is 6.64. The monoisotopic (exact) mass is 521 g/mol. The van der Waals surface area contributed by atoms with Crippen LogP contribution >= 0.6 is 11.6 Å². The Labute approximate surface area is 222 Å². The zero-order valence-electron chi connectivity index (χ0n) is 21.5. The van der Waals surface area contributed by atoms with E-state index in [-0.39, 0.29) is 12.3 Å². The van der Waals surface area contributed by atoms with Crippen LogP contribution in [0.2, 0.25) is 5.02 Å². The van der Waals surface area contributed by atoms with Crippen LogP contribution in [-0.2, 0) is 22.4 Å². The van der Waals surface area contributed by atoms with Crippen LogP contribution in [0, 0.1) is 6.92 Å². The van der Waals surface area contributed by atoms with E-state index in [4.69, 9.17) is 26.3 Å². The second-order valence-corrected chi connectivity index (χ2v) is 10.1. The minimum Gasteiger partial charge on any atom is -0.378 e. The molecule has 1 fully saturated rings. The zero-order chi connectivity index (χ0) is 25.9. The molecule has 194 valence electrons. The van der Waals surface area contributed by atoms with Crippen LogP contribution in [0.25, 0.3) is 11.3 Å². The first-order valence-electron chi connectivity index (χ1n) is 12.6. The standard InChI is InChI=1S/C27H32ClN7O2/c1-17-22(6-7-24(30-17)35-9-11-37-12-10-35)32-27-29-16-19-14-25(36)31-23-15-21(28)18(5-4-8-34(2)3)13-20(23)26(19)33-27/h6-7,13,15-16H,4-5,8-12,14H2,1-3H3,(H,31,36)(H,29,32,33). The molecule has 5 rings (SSSR count). The summed E-state index contributed by atoms with van der Waals surface area (Å²) >= 11 is 6.60. The normalized spacial score (nSPS) is 15.2. The van der Waals surface area contributed by atoms with Crippen LogP contribution in [0.4, 0.5) is 23.1 Å². The Morgan fingerprint density at radius 2 is 2.00 bits per heavy atom. The average Bonchev–Trinajstić information content (AvgIpc) is 3.00. The molecule has 37 heavy (non-hydrogen) atoms. The van der Waals surface area contributed by atoms with Gasteiger partial charge in [0, 0.05) is 35.4 Å². The Morgan fingerprint density at radius 3 is 2.76 bits per heavy atom. The van der Waals surface area contributed by atoms with Gasteiger partial charge in [0.2, 0.25) is 11.9 Å². The Hall–Kier alpha value is -3.27. The van der Waals surface area contributed by atoms with Crippen molar-refractivity contribution in [2.75, 3.05) is 62.5 Å². The molecule has 1 aromatic carbocycles. The molecule has 0 spiro atoms. The van der Waals surface area contributed by atoms with Gasteiger partial charge in [-0.05, 0) is 70.2 Å². The van der Waals surface area contributed by atoms with Crippen molar-refractivity contribution in [1.29, 1.82) is 0 Å². The summed E-state index contributed by atoms with van der Waals surface area (Å²) in [7, 11) is 4.12. The van der Waals surface area contributed by atoms with Gasteiger partial charge in [-0.25, -0.2) is 15.0 Å². The van der Waals surface area contributed by atoms with Crippen molar-refractivity contribution in [2.45, 2.75) is 26.2 Å². The first-order valence-corrected chi connectivity index (χ1v) is 13.0. The smallest absolute Gasteiger partial charge is 0.228 e. The number of rotatable bonds is 7. The van der Waals surface area contributed by atoms with E-state index in [1.807, 2.05) is 25.1 Å². The fourth-order valence-electron chi connectivity index (χ4n) is 4.66. The maximum absolute atomic E-state index is 12.6. The molecule has 3 aromatic rings. The lowest BCUT2D eigenvalue weighted by atomic mass is 10.00. The molecule has 0 aliphatic carbocycles. The molecule has 2 N–H and O–H groups in total. The molecule has 1 amide bonds. The highest BCUT2D eigenvalue weighted by molar-refractivity contribution is 6.32. The molecule has 0 atom stereocenters. The zero-order valence-corrected chi connectivity index (χ0v) is 22.2. The average molecular weight is 522 g/mol. The SMILES string of the molecule is Cc1nc(N2CCOCC2)ccc1Nc1ncc2c(n1)-c1cc(CCCN(C)C)c(Cl)cc1NC(=O)C2. The molecule has 2 aliphatic heterocycles. The molecule has 1 saturated heterocycles. The molecule has 9 nitrogen and oxygen atoms in total. The maximum Gasteiger partial charge on any atom is 0.228 e. The number of ether oxygens (including phenoxy) is 1. The van der Waals surface area contributed by atoms with Gasteiger partial charge in [-0.1, -0.05) is 11.6 Å². The predicted octanol–water partition coefficient (Wildman–Crippen LogP) is 4.07. The summed E-state index contributed by atoms with van der Waals surface area (Å²) in [5.41, 5.74) is 5.76. The summed E-state index contributed by atoms with van der Waals surface area (Å²) in [6, 6.07) is 7.90. The summed E-state index contributed by atoms with van der Waals surface area (Å²) in [6.07, 6.45) is 3.75. The van der Waals surface area contributed by atoms with E-state index in [2.05, 4.69) is 45.6 Å². The Morgan fingerprint density at radius 1 is 1.19 bits per heavy atom. The van der Waals surface area contributed by atoms with Gasteiger partial charge in [0.15, 0.2) is 0 Å². The van der Waals surface area contributed by atoms with Gasteiger partial charge in [0.1, 0.15) is 5.82 Å². The van der Waals surface area contributed by atoms with Gasteiger partial charge in [-0.3, -0.25) is 4.79 Å². The second kappa shape index (κ2) is 11.0. The molecule has 4 heterocycles. The maximum atomic E-state index is 12.6. The van der Waals surface area contributed by atoms with Gasteiger partial charge in [0.25, 0.3) is 0 Å². The van der Waals surface area contributed by atoms with E-state index >= 15 is 0 Å². The highest BCUT2D eigenvalue weighted by atomic mass is 35.5. The number of nitrogens with zero attached hydrogens (tertiary/aromatic N) is 5. The molecule has 10 heteroatoms. The van der Waals surface area contributed by atoms with Gasteiger partial charge < -0.3 is 25.2 Å². The number of fused-ring (bicyclic) bond motifs is 3. The molecule has 2 aromatic heterocycles. The molecule has 0 radical (unpaired) electrons. The van der Waals surface area contributed by atoms with Crippen molar-refractivity contribution in [3.8, 4) is 11.3 Å². The number of halogens is 1. The van der Waals surface area contributed by atoms with E-state index in [9.17, 15) is 4.79 Å². The third-order valence-corrected chi connectivity index (χ3v) is 6.99. The molecule has 2 aliphatic rings. The largest absolute Gasteiger partial charge is 0.378 e. The van der Waals surface area contributed by atoms with Gasteiger partial charge >= 0.3 is 0 Å². The number of pyridine rings is 1. The number of amides is 1. The quantitative estimate of drug-likeness (QED) is 0.480. The lowest BCUT2D eigenvalue weighted by molar-refractivity contribution is -0.115. The Balaban J connectivity index is 1.44. The summed E-state index contributed by atoms with van der Waals surface area (Å²) in [6.45, 7) is 6.03. The van der Waals surface area contributed by atoms with E-state index in [0.717, 1.165) is 72.1 Å². The third kappa shape index (κ3) is 5.84. The first kappa shape index (κ1) is 25.4. The lowest BCUT2D eigenvalue weighted by Gasteiger charge is -2.28. The minimum absolute atomic E-state index is 0.112. The Kier molecular flexibility index (Phi) is 7.55. The van der Waals surface area contributed by atoms with Crippen molar-refractivity contribution in [3.05, 3.63) is 52.3 Å². The minimum atomic E-state index is -0.112. The molecular formula is C27H32ClN7O2. The van der Waals surface area contributed by atoms with Gasteiger partial charge in [-0.2, -0.15) is 0 Å². The molecule has 0 saturated carbocycles. The van der Waals surface area contributed by atoms with Crippen LogP contribution in [0.3, 0.4) is 0 Å². The van der Waals surface area contributed by atoms with Crippen LogP contribution in [0.1, 0.15) is 23.2 Å². The fourth-order valence-corrected chi connectivity index (χ4v) is 4.92. The fraction of sp³-hybridized carbons (Fsp3) is 0.407. The number of hydrogen-bond acceptors (Lipinski definition) is 8. The summed E-state index contributed by atoms with van der Waals surface area (Å²) in [5, 5.41) is 6.96. The van der Waals surface area contributed by atoms with Crippen LogP contribution in [-0.4, -0.2) is 72.7 Å². The summed E-state index contributed by atoms with van der Waals surface area (Å²) in [4.78, 5) is 31.1. The van der Waals surface area contributed by atoms with E-state index in [1.165, 1.54) is 0 Å². The molecule has 0 unspecified atom stereocenters. The number of aromatic nitrogens is 3. The lowest BCUT2D eigenvalue weighted by Crippen LogP contribution is -2.36. The predicted molar refractivity (Wildman–Crippen MR) is 147 cm³/mol. The number of anilines is 4. The Bertz CT molecular complexity index is 1310. The van der Waals surface area contributed by atoms with Crippen LogP contribution in [0.15, 0.2) is 30.5 Å². The van der Waals surface area contributed by atoms with Crippen LogP contribution < -0.4 is 15.5 Å². The highest BCUT2D eigenvalue weighted by Gasteiger charge is 2.23. The first-order chi connectivity index (χ1) is 17.9. The number of benzene rings is 1. The van der Waals surface area contributed by atoms with Crippen molar-refractivity contribution < 1.29 is 9.53 Å². The number of aryl methyl sites for hydroxylation is 2. The van der Waals surface area contributed by atoms with Crippen molar-refractivity contribution in [1.82, 2.24) is 19.9 Å². The van der Waals surface area contributed by atoms with Crippen molar-refractivity contribution >= 4 is 40.6 Å².